The smallest absolute Gasteiger partial charge is 0.237 e. The van der Waals surface area contributed by atoms with Crippen LogP contribution < -0.4 is 0 Å². The van der Waals surface area contributed by atoms with E-state index in [1.54, 1.807) is 23.7 Å². The summed E-state index contributed by atoms with van der Waals surface area (Å²) in [6.07, 6.45) is 6.88. The van der Waals surface area contributed by atoms with Crippen molar-refractivity contribution in [3.63, 3.8) is 0 Å². The summed E-state index contributed by atoms with van der Waals surface area (Å²) in [5.41, 5.74) is 0.592. The Morgan fingerprint density at radius 3 is 2.38 bits per heavy atom. The molecule has 0 atom stereocenters. The number of carbonyl (C=O) groups is 1. The molecule has 0 spiro atoms. The molecule has 1 fully saturated rings. The summed E-state index contributed by atoms with van der Waals surface area (Å²) in [6, 6.07) is 10.8. The van der Waals surface area contributed by atoms with Crippen molar-refractivity contribution in [2.24, 2.45) is 0 Å². The van der Waals surface area contributed by atoms with Crippen LogP contribution in [0.1, 0.15) is 37.7 Å². The molecule has 0 aromatic heterocycles. The van der Waals surface area contributed by atoms with Crippen molar-refractivity contribution in [2.75, 3.05) is 26.9 Å². The van der Waals surface area contributed by atoms with E-state index in [4.69, 9.17) is 0 Å². The molecule has 24 heavy (non-hydrogen) atoms. The summed E-state index contributed by atoms with van der Waals surface area (Å²) in [4.78, 5) is 17.6. The lowest BCUT2D eigenvalue weighted by Crippen LogP contribution is -2.52. The van der Waals surface area contributed by atoms with E-state index in [1.165, 1.54) is 10.5 Å². The maximum Gasteiger partial charge on any atom is 0.237 e. The third-order valence-electron chi connectivity index (χ3n) is 4.92. The van der Waals surface area contributed by atoms with Gasteiger partial charge >= 0.3 is 0 Å². The molecule has 0 bridgehead atoms. The lowest BCUT2D eigenvalue weighted by Gasteiger charge is -2.39. The number of rotatable bonds is 6. The normalized spacial score (nSPS) is 16.6. The van der Waals surface area contributed by atoms with Gasteiger partial charge in [0.05, 0.1) is 12.6 Å². The monoisotopic (exact) mass is 345 g/mol. The second kappa shape index (κ2) is 8.55. The SMILES string of the molecule is CSc1ccc(CN(C)CC(=O)N(C)C2(C#N)CCCCC2)cc1. The van der Waals surface area contributed by atoms with Crippen molar-refractivity contribution in [1.29, 1.82) is 5.26 Å². The molecule has 2 rings (SSSR count). The summed E-state index contributed by atoms with van der Waals surface area (Å²) in [5.74, 6) is 0.0293. The van der Waals surface area contributed by atoms with E-state index < -0.39 is 5.54 Å². The average molecular weight is 346 g/mol. The number of hydrogen-bond donors (Lipinski definition) is 0. The van der Waals surface area contributed by atoms with Gasteiger partial charge in [-0.05, 0) is 43.8 Å². The van der Waals surface area contributed by atoms with Crippen LogP contribution in [0.25, 0.3) is 0 Å². The van der Waals surface area contributed by atoms with Crippen molar-refractivity contribution in [3.8, 4) is 6.07 Å². The molecule has 1 aromatic carbocycles. The standard InChI is InChI=1S/C19H27N3OS/c1-21(13-16-7-9-17(24-3)10-8-16)14-18(23)22(2)19(15-20)11-5-4-6-12-19/h7-10H,4-6,11-14H2,1-3H3. The molecule has 1 aliphatic rings. The molecule has 130 valence electrons. The fourth-order valence-corrected chi connectivity index (χ4v) is 3.74. The molecule has 0 unspecified atom stereocenters. The Balaban J connectivity index is 1.93. The number of thioether (sulfide) groups is 1. The molecule has 0 aliphatic heterocycles. The van der Waals surface area contributed by atoms with Gasteiger partial charge in [0, 0.05) is 18.5 Å². The van der Waals surface area contributed by atoms with Crippen LogP contribution in [0.5, 0.6) is 0 Å². The molecule has 0 N–H and O–H groups in total. The van der Waals surface area contributed by atoms with Crippen LogP contribution in [0.3, 0.4) is 0 Å². The van der Waals surface area contributed by atoms with E-state index in [9.17, 15) is 10.1 Å². The minimum Gasteiger partial charge on any atom is -0.326 e. The molecule has 1 amide bonds. The van der Waals surface area contributed by atoms with Crippen LogP contribution >= 0.6 is 11.8 Å². The Morgan fingerprint density at radius 1 is 1.21 bits per heavy atom. The van der Waals surface area contributed by atoms with Gasteiger partial charge in [-0.15, -0.1) is 11.8 Å². The van der Waals surface area contributed by atoms with E-state index in [0.717, 1.165) is 38.6 Å². The fraction of sp³-hybridized carbons (Fsp3) is 0.579. The molecule has 0 radical (unpaired) electrons. The fourth-order valence-electron chi connectivity index (χ4n) is 3.33. The number of likely N-dealkylation sites (N-methyl/N-ethyl adjacent to an activating group) is 2. The first-order valence-corrected chi connectivity index (χ1v) is 9.72. The van der Waals surface area contributed by atoms with Crippen LogP contribution in [-0.4, -0.2) is 48.1 Å². The minimum absolute atomic E-state index is 0.0293. The molecule has 1 saturated carbocycles. The largest absolute Gasteiger partial charge is 0.326 e. The van der Waals surface area contributed by atoms with E-state index in [-0.39, 0.29) is 5.91 Å². The molecule has 4 nitrogen and oxygen atoms in total. The minimum atomic E-state index is -0.601. The highest BCUT2D eigenvalue weighted by Gasteiger charge is 2.38. The number of nitriles is 1. The van der Waals surface area contributed by atoms with Crippen LogP contribution in [-0.2, 0) is 11.3 Å². The zero-order chi connectivity index (χ0) is 17.6. The number of nitrogens with zero attached hydrogens (tertiary/aromatic N) is 3. The summed E-state index contributed by atoms with van der Waals surface area (Å²) in [7, 11) is 3.74. The lowest BCUT2D eigenvalue weighted by atomic mass is 9.81. The molecule has 0 saturated heterocycles. The van der Waals surface area contributed by atoms with Gasteiger partial charge in [0.2, 0.25) is 5.91 Å². The van der Waals surface area contributed by atoms with Crippen LogP contribution in [0.2, 0.25) is 0 Å². The molecular weight excluding hydrogens is 318 g/mol. The second-order valence-corrected chi connectivity index (χ2v) is 7.56. The highest BCUT2D eigenvalue weighted by molar-refractivity contribution is 7.98. The Kier molecular flexibility index (Phi) is 6.70. The predicted molar refractivity (Wildman–Crippen MR) is 98.8 cm³/mol. The van der Waals surface area contributed by atoms with Crippen LogP contribution in [0.4, 0.5) is 0 Å². The van der Waals surface area contributed by atoms with Crippen molar-refractivity contribution >= 4 is 17.7 Å². The predicted octanol–water partition coefficient (Wildman–Crippen LogP) is 3.53. The molecule has 1 aliphatic carbocycles. The van der Waals surface area contributed by atoms with Crippen molar-refractivity contribution < 1.29 is 4.79 Å². The first kappa shape index (κ1) is 18.8. The van der Waals surface area contributed by atoms with Gasteiger partial charge in [-0.3, -0.25) is 9.69 Å². The highest BCUT2D eigenvalue weighted by atomic mass is 32.2. The Morgan fingerprint density at radius 2 is 1.83 bits per heavy atom. The highest BCUT2D eigenvalue weighted by Crippen LogP contribution is 2.32. The van der Waals surface area contributed by atoms with E-state index >= 15 is 0 Å². The maximum absolute atomic E-state index is 12.6. The second-order valence-electron chi connectivity index (χ2n) is 6.68. The first-order valence-electron chi connectivity index (χ1n) is 8.50. The van der Waals surface area contributed by atoms with E-state index in [2.05, 4.69) is 36.6 Å². The Labute approximate surface area is 149 Å². The average Bonchev–Trinajstić information content (AvgIpc) is 2.62. The first-order chi connectivity index (χ1) is 11.5. The number of benzene rings is 1. The van der Waals surface area contributed by atoms with Crippen molar-refractivity contribution in [2.45, 2.75) is 49.1 Å². The Bertz CT molecular complexity index is 588. The number of amides is 1. The van der Waals surface area contributed by atoms with Gasteiger partial charge in [-0.1, -0.05) is 31.4 Å². The maximum atomic E-state index is 12.6. The van der Waals surface area contributed by atoms with Gasteiger partial charge in [-0.2, -0.15) is 5.26 Å². The van der Waals surface area contributed by atoms with E-state index in [1.807, 2.05) is 11.9 Å². The summed E-state index contributed by atoms with van der Waals surface area (Å²) < 4.78 is 0. The third kappa shape index (κ3) is 4.52. The Hall–Kier alpha value is -1.51. The quantitative estimate of drug-likeness (QED) is 0.740. The van der Waals surface area contributed by atoms with Gasteiger partial charge in [0.25, 0.3) is 0 Å². The van der Waals surface area contributed by atoms with Gasteiger partial charge in [0.1, 0.15) is 5.54 Å². The lowest BCUT2D eigenvalue weighted by molar-refractivity contribution is -0.135. The van der Waals surface area contributed by atoms with Crippen LogP contribution in [0.15, 0.2) is 29.2 Å². The summed E-state index contributed by atoms with van der Waals surface area (Å²) in [6.45, 7) is 1.07. The van der Waals surface area contributed by atoms with Crippen molar-refractivity contribution in [3.05, 3.63) is 29.8 Å². The van der Waals surface area contributed by atoms with Gasteiger partial charge in [0.15, 0.2) is 0 Å². The zero-order valence-corrected chi connectivity index (χ0v) is 15.7. The molecule has 1 aromatic rings. The molecule has 0 heterocycles. The van der Waals surface area contributed by atoms with E-state index in [0.29, 0.717) is 6.54 Å². The summed E-state index contributed by atoms with van der Waals surface area (Å²) >= 11 is 1.72. The number of hydrogen-bond acceptors (Lipinski definition) is 4. The summed E-state index contributed by atoms with van der Waals surface area (Å²) in [5, 5.41) is 9.62. The number of carbonyl (C=O) groups excluding carboxylic acids is 1. The zero-order valence-electron chi connectivity index (χ0n) is 14.9. The third-order valence-corrected chi connectivity index (χ3v) is 5.67. The molecular formula is C19H27N3OS. The van der Waals surface area contributed by atoms with Crippen molar-refractivity contribution in [1.82, 2.24) is 9.80 Å². The van der Waals surface area contributed by atoms with Crippen LogP contribution in [0, 0.1) is 11.3 Å². The molecule has 5 heteroatoms. The topological polar surface area (TPSA) is 47.3 Å². The van der Waals surface area contributed by atoms with Gasteiger partial charge in [-0.25, -0.2) is 0 Å². The van der Waals surface area contributed by atoms with Gasteiger partial charge < -0.3 is 4.90 Å².